The number of hydrogen-bond acceptors (Lipinski definition) is 1. The molecule has 1 aliphatic heterocycles. The van der Waals surface area contributed by atoms with E-state index in [0.29, 0.717) is 5.41 Å². The van der Waals surface area contributed by atoms with Crippen molar-refractivity contribution in [3.63, 3.8) is 0 Å². The van der Waals surface area contributed by atoms with Gasteiger partial charge < -0.3 is 4.74 Å². The van der Waals surface area contributed by atoms with Gasteiger partial charge in [-0.05, 0) is 86.4 Å². The summed E-state index contributed by atoms with van der Waals surface area (Å²) in [7, 11) is 0. The lowest BCUT2D eigenvalue weighted by Gasteiger charge is -2.59. The van der Waals surface area contributed by atoms with Crippen LogP contribution >= 0.6 is 0 Å². The van der Waals surface area contributed by atoms with Crippen molar-refractivity contribution in [2.45, 2.75) is 76.7 Å². The predicted molar refractivity (Wildman–Crippen MR) is 96.5 cm³/mol. The van der Waals surface area contributed by atoms with E-state index in [1.165, 1.54) is 38.5 Å². The first-order chi connectivity index (χ1) is 11.8. The first kappa shape index (κ1) is 14.8. The third-order valence-electron chi connectivity index (χ3n) is 10.0. The summed E-state index contributed by atoms with van der Waals surface area (Å²) < 4.78 is 6.59. The molecule has 5 fully saturated rings. The average Bonchev–Trinajstić information content (AvgIpc) is 3.20. The third-order valence-corrected chi connectivity index (χ3v) is 10.0. The quantitative estimate of drug-likeness (QED) is 0.570. The molecule has 5 aliphatic carbocycles. The molecule has 6 rings (SSSR count). The molecule has 9 unspecified atom stereocenters. The highest BCUT2D eigenvalue weighted by Gasteiger charge is 2.77. The van der Waals surface area contributed by atoms with Gasteiger partial charge >= 0.3 is 0 Å². The Morgan fingerprint density at radius 1 is 0.958 bits per heavy atom. The maximum atomic E-state index is 6.59. The van der Waals surface area contributed by atoms with Crippen LogP contribution in [0.15, 0.2) is 12.2 Å². The molecule has 0 saturated heterocycles. The molecule has 0 amide bonds. The molecule has 1 heterocycles. The van der Waals surface area contributed by atoms with Crippen LogP contribution in [0, 0.1) is 46.8 Å². The van der Waals surface area contributed by atoms with E-state index in [9.17, 15) is 0 Å². The molecule has 1 nitrogen and oxygen atoms in total. The smallest absolute Gasteiger partial charge is 0.0957 e. The Balaban J connectivity index is 1.39. The van der Waals surface area contributed by atoms with Crippen LogP contribution in [0.5, 0.6) is 0 Å². The number of rotatable bonds is 1. The Labute approximate surface area is 147 Å². The molecule has 132 valence electrons. The van der Waals surface area contributed by atoms with E-state index in [1.807, 2.05) is 0 Å². The van der Waals surface area contributed by atoms with Crippen molar-refractivity contribution in [2.24, 2.45) is 46.8 Å². The normalized spacial score (nSPS) is 60.5. The van der Waals surface area contributed by atoms with Gasteiger partial charge in [0.05, 0.1) is 12.2 Å². The van der Waals surface area contributed by atoms with Gasteiger partial charge in [0.25, 0.3) is 0 Å². The lowest BCUT2D eigenvalue weighted by molar-refractivity contribution is -0.152. The van der Waals surface area contributed by atoms with Gasteiger partial charge in [0.2, 0.25) is 0 Å². The van der Waals surface area contributed by atoms with Gasteiger partial charge in [-0.3, -0.25) is 0 Å². The minimum absolute atomic E-state index is 0.158. The van der Waals surface area contributed by atoms with Crippen molar-refractivity contribution in [1.29, 1.82) is 0 Å². The highest BCUT2D eigenvalue weighted by atomic mass is 16.5. The Hall–Kier alpha value is -0.300. The van der Waals surface area contributed by atoms with E-state index in [-0.39, 0.29) is 5.60 Å². The summed E-state index contributed by atoms with van der Waals surface area (Å²) in [6, 6.07) is 0. The summed E-state index contributed by atoms with van der Waals surface area (Å²) in [4.78, 5) is 0. The standard InChI is InChI=1S/C23H34O/c1-2-22-12-10-17-16-7-4-3-6-15(16)8-9-18(17)21(22)19-14-20(19)23(22)11-5-13-24-23/h5,11,15-21H,2-4,6-10,12-14H2,1H3. The summed E-state index contributed by atoms with van der Waals surface area (Å²) >= 11 is 0. The molecule has 0 aromatic heterocycles. The van der Waals surface area contributed by atoms with E-state index in [1.54, 1.807) is 25.7 Å². The van der Waals surface area contributed by atoms with Crippen molar-refractivity contribution in [3.8, 4) is 0 Å². The second-order valence-electron chi connectivity index (χ2n) is 10.2. The minimum atomic E-state index is 0.158. The fraction of sp³-hybridized carbons (Fsp3) is 0.913. The molecule has 1 spiro atoms. The number of ether oxygens (including phenoxy) is 1. The van der Waals surface area contributed by atoms with Gasteiger partial charge in [-0.1, -0.05) is 38.3 Å². The first-order valence-electron chi connectivity index (χ1n) is 11.1. The van der Waals surface area contributed by atoms with Crippen LogP contribution in [0.1, 0.15) is 71.1 Å². The van der Waals surface area contributed by atoms with Crippen LogP contribution in [-0.4, -0.2) is 12.2 Å². The summed E-state index contributed by atoms with van der Waals surface area (Å²) in [6.07, 6.45) is 20.0. The van der Waals surface area contributed by atoms with Gasteiger partial charge in [0, 0.05) is 5.41 Å². The zero-order valence-corrected chi connectivity index (χ0v) is 15.4. The van der Waals surface area contributed by atoms with Crippen LogP contribution < -0.4 is 0 Å². The average molecular weight is 327 g/mol. The molecule has 0 N–H and O–H groups in total. The van der Waals surface area contributed by atoms with E-state index < -0.39 is 0 Å². The molecule has 24 heavy (non-hydrogen) atoms. The lowest BCUT2D eigenvalue weighted by Crippen LogP contribution is -2.56. The second kappa shape index (κ2) is 4.90. The SMILES string of the molecule is CCC12CCC3C4CCCCC4CCC3C1C1CC1C21C=CCO1. The van der Waals surface area contributed by atoms with E-state index >= 15 is 0 Å². The maximum Gasteiger partial charge on any atom is 0.0957 e. The van der Waals surface area contributed by atoms with E-state index in [0.717, 1.165) is 48.0 Å². The molecule has 9 atom stereocenters. The van der Waals surface area contributed by atoms with Crippen molar-refractivity contribution in [3.05, 3.63) is 12.2 Å². The van der Waals surface area contributed by atoms with Gasteiger partial charge in [0.15, 0.2) is 0 Å². The minimum Gasteiger partial charge on any atom is -0.366 e. The monoisotopic (exact) mass is 326 g/mol. The Morgan fingerprint density at radius 3 is 2.71 bits per heavy atom. The molecule has 1 heteroatoms. The number of hydrogen-bond donors (Lipinski definition) is 0. The third kappa shape index (κ3) is 1.58. The molecular formula is C23H34O. The topological polar surface area (TPSA) is 9.23 Å². The highest BCUT2D eigenvalue weighted by molar-refractivity contribution is 5.33. The van der Waals surface area contributed by atoms with Crippen molar-refractivity contribution in [1.82, 2.24) is 0 Å². The Kier molecular flexibility index (Phi) is 3.03. The fourth-order valence-electron chi connectivity index (χ4n) is 9.31. The van der Waals surface area contributed by atoms with Crippen molar-refractivity contribution >= 4 is 0 Å². The van der Waals surface area contributed by atoms with Crippen molar-refractivity contribution < 1.29 is 4.74 Å². The molecule has 0 aromatic rings. The van der Waals surface area contributed by atoms with Crippen LogP contribution in [0.4, 0.5) is 0 Å². The van der Waals surface area contributed by atoms with Crippen LogP contribution in [0.2, 0.25) is 0 Å². The predicted octanol–water partition coefficient (Wildman–Crippen LogP) is 5.60. The zero-order chi connectivity index (χ0) is 15.9. The van der Waals surface area contributed by atoms with Gasteiger partial charge in [-0.15, -0.1) is 0 Å². The van der Waals surface area contributed by atoms with E-state index in [2.05, 4.69) is 19.1 Å². The molecule has 6 aliphatic rings. The summed E-state index contributed by atoms with van der Waals surface area (Å²) in [6.45, 7) is 3.37. The van der Waals surface area contributed by atoms with Gasteiger partial charge in [0.1, 0.15) is 0 Å². The summed E-state index contributed by atoms with van der Waals surface area (Å²) in [5.41, 5.74) is 0.654. The Morgan fingerprint density at radius 2 is 1.88 bits per heavy atom. The highest BCUT2D eigenvalue weighted by Crippen LogP contribution is 2.78. The van der Waals surface area contributed by atoms with Gasteiger partial charge in [-0.2, -0.15) is 0 Å². The Bertz CT molecular complexity index is 566. The maximum absolute atomic E-state index is 6.59. The largest absolute Gasteiger partial charge is 0.366 e. The van der Waals surface area contributed by atoms with Crippen LogP contribution in [-0.2, 0) is 4.74 Å². The van der Waals surface area contributed by atoms with Crippen LogP contribution in [0.3, 0.4) is 0 Å². The second-order valence-corrected chi connectivity index (χ2v) is 10.2. The molecule has 0 aromatic carbocycles. The molecular weight excluding hydrogens is 292 g/mol. The molecule has 0 radical (unpaired) electrons. The van der Waals surface area contributed by atoms with Gasteiger partial charge in [-0.25, -0.2) is 0 Å². The van der Waals surface area contributed by atoms with E-state index in [4.69, 9.17) is 4.74 Å². The fourth-order valence-corrected chi connectivity index (χ4v) is 9.31. The molecule has 0 bridgehead atoms. The lowest BCUT2D eigenvalue weighted by atomic mass is 9.47. The summed E-state index contributed by atoms with van der Waals surface area (Å²) in [5, 5.41) is 0. The van der Waals surface area contributed by atoms with Crippen molar-refractivity contribution in [2.75, 3.05) is 6.61 Å². The zero-order valence-electron chi connectivity index (χ0n) is 15.4. The van der Waals surface area contributed by atoms with Crippen LogP contribution in [0.25, 0.3) is 0 Å². The molecule has 5 saturated carbocycles. The number of fused-ring (bicyclic) bond motifs is 9. The first-order valence-corrected chi connectivity index (χ1v) is 11.1. The summed E-state index contributed by atoms with van der Waals surface area (Å²) in [5.74, 6) is 7.21.